The van der Waals surface area contributed by atoms with E-state index >= 15 is 0 Å². The van der Waals surface area contributed by atoms with Gasteiger partial charge in [0.05, 0.1) is 13.7 Å². The topological polar surface area (TPSA) is 87.7 Å². The Hall–Kier alpha value is -3.86. The smallest absolute Gasteiger partial charge is 0.322 e. The SMILES string of the molecule is COc1ccc2c(c1)C(=O)N(C[C@@H](C#Cc1ccc(F)cc1C)NC(=O)NC=O)C2. The van der Waals surface area contributed by atoms with Gasteiger partial charge < -0.3 is 15.0 Å². The number of halogens is 1. The normalized spacial score (nSPS) is 13.0. The van der Waals surface area contributed by atoms with Gasteiger partial charge >= 0.3 is 6.03 Å². The largest absolute Gasteiger partial charge is 0.497 e. The molecular formula is C22H20FN3O4. The van der Waals surface area contributed by atoms with E-state index in [0.29, 0.717) is 29.0 Å². The van der Waals surface area contributed by atoms with Crippen molar-refractivity contribution >= 4 is 18.3 Å². The van der Waals surface area contributed by atoms with Crippen LogP contribution in [-0.2, 0) is 11.3 Å². The summed E-state index contributed by atoms with van der Waals surface area (Å²) in [7, 11) is 1.53. The van der Waals surface area contributed by atoms with Crippen LogP contribution in [0.25, 0.3) is 0 Å². The van der Waals surface area contributed by atoms with E-state index in [1.807, 2.05) is 11.4 Å². The molecular weight excluding hydrogens is 389 g/mol. The fraction of sp³-hybridized carbons (Fsp3) is 0.227. The van der Waals surface area contributed by atoms with Gasteiger partial charge in [0.1, 0.15) is 17.6 Å². The zero-order valence-corrected chi connectivity index (χ0v) is 16.5. The number of fused-ring (bicyclic) bond motifs is 1. The van der Waals surface area contributed by atoms with E-state index in [1.54, 1.807) is 30.0 Å². The van der Waals surface area contributed by atoms with Crippen molar-refractivity contribution in [3.8, 4) is 17.6 Å². The number of carbonyl (C=O) groups excluding carboxylic acids is 3. The van der Waals surface area contributed by atoms with E-state index < -0.39 is 12.1 Å². The van der Waals surface area contributed by atoms with Crippen LogP contribution in [0.3, 0.4) is 0 Å². The third-order valence-corrected chi connectivity index (χ3v) is 4.66. The first-order valence-corrected chi connectivity index (χ1v) is 9.16. The van der Waals surface area contributed by atoms with E-state index in [4.69, 9.17) is 4.74 Å². The standard InChI is InChI=1S/C22H20FN3O4/c1-14-9-17(23)6-3-15(14)4-7-18(25-22(29)24-13-27)12-26-11-16-5-8-19(30-2)10-20(16)21(26)28/h3,5-6,8-10,13,18H,11-12H2,1-2H3,(H2,24,25,27,29)/t18-/m1/s1. The van der Waals surface area contributed by atoms with Crippen molar-refractivity contribution in [3.63, 3.8) is 0 Å². The summed E-state index contributed by atoms with van der Waals surface area (Å²) in [5, 5.41) is 4.56. The molecule has 1 heterocycles. The molecule has 2 N–H and O–H groups in total. The van der Waals surface area contributed by atoms with Crippen LogP contribution in [0, 0.1) is 24.6 Å². The molecule has 2 aromatic rings. The number of imide groups is 1. The molecule has 0 saturated carbocycles. The van der Waals surface area contributed by atoms with Gasteiger partial charge in [-0.2, -0.15) is 0 Å². The van der Waals surface area contributed by atoms with Gasteiger partial charge in [-0.3, -0.25) is 14.9 Å². The molecule has 7 nitrogen and oxygen atoms in total. The van der Waals surface area contributed by atoms with Crippen molar-refractivity contribution in [1.82, 2.24) is 15.5 Å². The maximum atomic E-state index is 13.3. The van der Waals surface area contributed by atoms with Gasteiger partial charge in [0, 0.05) is 17.7 Å². The molecule has 8 heteroatoms. The summed E-state index contributed by atoms with van der Waals surface area (Å²) < 4.78 is 18.5. The number of methoxy groups -OCH3 is 1. The molecule has 4 amide bonds. The summed E-state index contributed by atoms with van der Waals surface area (Å²) in [5.74, 6) is 5.82. The average Bonchev–Trinajstić information content (AvgIpc) is 3.02. The van der Waals surface area contributed by atoms with Crippen molar-refractivity contribution < 1.29 is 23.5 Å². The van der Waals surface area contributed by atoms with Gasteiger partial charge in [0.15, 0.2) is 0 Å². The summed E-state index contributed by atoms with van der Waals surface area (Å²) in [5.41, 5.74) is 2.63. The maximum Gasteiger partial charge on any atom is 0.322 e. The fourth-order valence-corrected chi connectivity index (χ4v) is 3.15. The zero-order chi connectivity index (χ0) is 21.7. The Bertz CT molecular complexity index is 1060. The van der Waals surface area contributed by atoms with Crippen LogP contribution in [0.1, 0.15) is 27.0 Å². The third kappa shape index (κ3) is 4.75. The minimum atomic E-state index is -0.755. The van der Waals surface area contributed by atoms with Crippen LogP contribution in [0.5, 0.6) is 5.75 Å². The number of amides is 4. The highest BCUT2D eigenvalue weighted by molar-refractivity contribution is 5.98. The highest BCUT2D eigenvalue weighted by atomic mass is 19.1. The summed E-state index contributed by atoms with van der Waals surface area (Å²) in [4.78, 5) is 36.7. The number of aryl methyl sites for hydroxylation is 1. The Labute approximate surface area is 173 Å². The lowest BCUT2D eigenvalue weighted by Crippen LogP contribution is -2.46. The average molecular weight is 409 g/mol. The van der Waals surface area contributed by atoms with E-state index in [0.717, 1.165) is 5.56 Å². The van der Waals surface area contributed by atoms with Gasteiger partial charge in [-0.15, -0.1) is 0 Å². The summed E-state index contributed by atoms with van der Waals surface area (Å²) in [6.07, 6.45) is 0.257. The first-order chi connectivity index (χ1) is 14.4. The fourth-order valence-electron chi connectivity index (χ4n) is 3.15. The number of nitrogens with one attached hydrogen (secondary N) is 2. The first-order valence-electron chi connectivity index (χ1n) is 9.16. The number of rotatable bonds is 5. The molecule has 3 rings (SSSR count). The first kappa shape index (κ1) is 20.9. The number of urea groups is 1. The molecule has 0 bridgehead atoms. The van der Waals surface area contributed by atoms with Gasteiger partial charge in [-0.25, -0.2) is 9.18 Å². The van der Waals surface area contributed by atoms with Gasteiger partial charge in [0.2, 0.25) is 6.41 Å². The summed E-state index contributed by atoms with van der Waals surface area (Å²) in [6.45, 7) is 2.20. The number of carbonyl (C=O) groups is 3. The lowest BCUT2D eigenvalue weighted by atomic mass is 10.1. The number of nitrogens with zero attached hydrogens (tertiary/aromatic N) is 1. The van der Waals surface area contributed by atoms with Crippen molar-refractivity contribution in [2.24, 2.45) is 0 Å². The second-order valence-electron chi connectivity index (χ2n) is 6.73. The molecule has 0 spiro atoms. The molecule has 0 aromatic heterocycles. The van der Waals surface area contributed by atoms with Crippen LogP contribution >= 0.6 is 0 Å². The summed E-state index contributed by atoms with van der Waals surface area (Å²) >= 11 is 0. The van der Waals surface area contributed by atoms with Crippen LogP contribution in [0.15, 0.2) is 36.4 Å². The monoisotopic (exact) mass is 409 g/mol. The minimum Gasteiger partial charge on any atom is -0.497 e. The van der Waals surface area contributed by atoms with E-state index in [1.165, 1.54) is 19.2 Å². The van der Waals surface area contributed by atoms with Gasteiger partial charge in [-0.1, -0.05) is 17.9 Å². The minimum absolute atomic E-state index is 0.106. The predicted molar refractivity (Wildman–Crippen MR) is 107 cm³/mol. The second-order valence-corrected chi connectivity index (χ2v) is 6.73. The third-order valence-electron chi connectivity index (χ3n) is 4.66. The van der Waals surface area contributed by atoms with E-state index in [-0.39, 0.29) is 24.7 Å². The van der Waals surface area contributed by atoms with Crippen molar-refractivity contribution in [1.29, 1.82) is 0 Å². The zero-order valence-electron chi connectivity index (χ0n) is 16.5. The molecule has 0 aliphatic carbocycles. The van der Waals surface area contributed by atoms with Crippen molar-refractivity contribution in [2.75, 3.05) is 13.7 Å². The van der Waals surface area contributed by atoms with Gasteiger partial charge in [0.25, 0.3) is 5.91 Å². The lowest BCUT2D eigenvalue weighted by Gasteiger charge is -2.21. The second kappa shape index (κ2) is 9.09. The number of hydrogen-bond acceptors (Lipinski definition) is 4. The number of ether oxygens (including phenoxy) is 1. The number of benzene rings is 2. The highest BCUT2D eigenvalue weighted by Gasteiger charge is 2.29. The quantitative estimate of drug-likeness (QED) is 0.584. The molecule has 0 radical (unpaired) electrons. The molecule has 1 aliphatic heterocycles. The van der Waals surface area contributed by atoms with Crippen LogP contribution in [0.2, 0.25) is 0 Å². The van der Waals surface area contributed by atoms with Crippen LogP contribution in [-0.4, -0.2) is 42.9 Å². The molecule has 1 aliphatic rings. The Kier molecular flexibility index (Phi) is 6.32. The Balaban J connectivity index is 1.81. The highest BCUT2D eigenvalue weighted by Crippen LogP contribution is 2.26. The molecule has 0 fully saturated rings. The van der Waals surface area contributed by atoms with Crippen LogP contribution in [0.4, 0.5) is 9.18 Å². The Morgan fingerprint density at radius 2 is 2.13 bits per heavy atom. The molecule has 30 heavy (non-hydrogen) atoms. The lowest BCUT2D eigenvalue weighted by molar-refractivity contribution is -0.108. The van der Waals surface area contributed by atoms with Crippen LogP contribution < -0.4 is 15.4 Å². The van der Waals surface area contributed by atoms with Crippen molar-refractivity contribution in [2.45, 2.75) is 19.5 Å². The van der Waals surface area contributed by atoms with Gasteiger partial charge in [-0.05, 0) is 48.4 Å². The summed E-state index contributed by atoms with van der Waals surface area (Å²) in [6, 6.07) is 7.99. The number of hydrogen-bond donors (Lipinski definition) is 2. The Morgan fingerprint density at radius 3 is 2.83 bits per heavy atom. The molecule has 2 aromatic carbocycles. The molecule has 0 unspecified atom stereocenters. The van der Waals surface area contributed by atoms with Crippen molar-refractivity contribution in [3.05, 3.63) is 64.5 Å². The predicted octanol–water partition coefficient (Wildman–Crippen LogP) is 1.97. The maximum absolute atomic E-state index is 13.3. The van der Waals surface area contributed by atoms with E-state index in [2.05, 4.69) is 17.2 Å². The Morgan fingerprint density at radius 1 is 1.33 bits per heavy atom. The van der Waals surface area contributed by atoms with E-state index in [9.17, 15) is 18.8 Å². The molecule has 1 atom stereocenters. The molecule has 0 saturated heterocycles. The molecule has 154 valence electrons.